The van der Waals surface area contributed by atoms with E-state index in [1.165, 1.54) is 18.2 Å². The van der Waals surface area contributed by atoms with Gasteiger partial charge in [0, 0.05) is 20.1 Å². The maximum Gasteiger partial charge on any atom is 0.357 e. The molecule has 0 amide bonds. The number of aromatic nitrogens is 1. The maximum absolute atomic E-state index is 12.3. The Balaban J connectivity index is 1.62. The van der Waals surface area contributed by atoms with Crippen molar-refractivity contribution in [2.45, 2.75) is 13.2 Å². The molecule has 0 saturated carbocycles. The highest BCUT2D eigenvalue weighted by Crippen LogP contribution is 2.21. The van der Waals surface area contributed by atoms with Gasteiger partial charge >= 0.3 is 11.9 Å². The molecule has 0 unspecified atom stereocenters. The molecule has 5 nitrogen and oxygen atoms in total. The fraction of sp³-hybridized carbons (Fsp3) is 0.0952. The average molecular weight is 485 g/mol. The van der Waals surface area contributed by atoms with E-state index >= 15 is 0 Å². The first-order chi connectivity index (χ1) is 14.3. The molecule has 0 radical (unpaired) electrons. The van der Waals surface area contributed by atoms with Crippen LogP contribution in [-0.4, -0.2) is 16.9 Å². The van der Waals surface area contributed by atoms with Crippen LogP contribution in [0, 0.1) is 0 Å². The van der Waals surface area contributed by atoms with Gasteiger partial charge in [0.15, 0.2) is 0 Å². The molecule has 0 aliphatic carbocycles. The number of nitrogens with zero attached hydrogens (tertiary/aromatic N) is 1. The molecule has 2 aromatic carbocycles. The Morgan fingerprint density at radius 2 is 1.03 bits per heavy atom. The summed E-state index contributed by atoms with van der Waals surface area (Å²) < 4.78 is 10.4. The summed E-state index contributed by atoms with van der Waals surface area (Å²) in [6.45, 7) is -0.101. The standard InChI is InChI=1S/C21H13Cl4NO4/c22-14-4-12(5-15(23)8-14)10-29-20(27)18-2-1-3-19(26-18)21(28)30-11-13-6-16(24)9-17(25)7-13/h1-9H,10-11H2. The number of rotatable bonds is 6. The third-order valence-corrected chi connectivity index (χ3v) is 4.62. The molecule has 9 heteroatoms. The molecule has 0 N–H and O–H groups in total. The van der Waals surface area contributed by atoms with Crippen LogP contribution in [0.2, 0.25) is 20.1 Å². The van der Waals surface area contributed by atoms with Gasteiger partial charge in [0.25, 0.3) is 0 Å². The number of halogens is 4. The summed E-state index contributed by atoms with van der Waals surface area (Å²) in [4.78, 5) is 28.6. The highest BCUT2D eigenvalue weighted by atomic mass is 35.5. The van der Waals surface area contributed by atoms with Gasteiger partial charge in [-0.15, -0.1) is 0 Å². The number of ether oxygens (including phenoxy) is 2. The zero-order valence-corrected chi connectivity index (χ0v) is 18.2. The summed E-state index contributed by atoms with van der Waals surface area (Å²) >= 11 is 23.7. The van der Waals surface area contributed by atoms with Gasteiger partial charge in [-0.25, -0.2) is 14.6 Å². The lowest BCUT2D eigenvalue weighted by molar-refractivity contribution is 0.0456. The van der Waals surface area contributed by atoms with Crippen molar-refractivity contribution >= 4 is 58.3 Å². The molecule has 3 aromatic rings. The molecule has 0 aliphatic rings. The van der Waals surface area contributed by atoms with Crippen molar-refractivity contribution in [3.05, 3.63) is 97.2 Å². The Kier molecular flexibility index (Phi) is 7.56. The number of carbonyl (C=O) groups is 2. The smallest absolute Gasteiger partial charge is 0.357 e. The van der Waals surface area contributed by atoms with Gasteiger partial charge in [-0.2, -0.15) is 0 Å². The van der Waals surface area contributed by atoms with Crippen molar-refractivity contribution in [2.24, 2.45) is 0 Å². The minimum absolute atomic E-state index is 0.0385. The van der Waals surface area contributed by atoms with Crippen LogP contribution in [0.15, 0.2) is 54.6 Å². The summed E-state index contributed by atoms with van der Waals surface area (Å²) in [6, 6.07) is 14.0. The topological polar surface area (TPSA) is 65.5 Å². The van der Waals surface area contributed by atoms with E-state index in [4.69, 9.17) is 55.9 Å². The number of benzene rings is 2. The fourth-order valence-electron chi connectivity index (χ4n) is 2.50. The predicted molar refractivity (Wildman–Crippen MR) is 115 cm³/mol. The number of hydrogen-bond donors (Lipinski definition) is 0. The second-order valence-electron chi connectivity index (χ2n) is 6.12. The summed E-state index contributed by atoms with van der Waals surface area (Å²) in [5.41, 5.74) is 1.17. The first kappa shape index (κ1) is 22.4. The molecule has 1 heterocycles. The van der Waals surface area contributed by atoms with Crippen molar-refractivity contribution in [3.63, 3.8) is 0 Å². The SMILES string of the molecule is O=C(OCc1cc(Cl)cc(Cl)c1)c1cccc(C(=O)OCc2cc(Cl)cc(Cl)c2)n1. The van der Waals surface area contributed by atoms with Gasteiger partial charge in [-0.05, 0) is 59.7 Å². The Hall–Kier alpha value is -2.31. The Labute approximate surface area is 192 Å². The zero-order valence-electron chi connectivity index (χ0n) is 15.2. The lowest BCUT2D eigenvalue weighted by atomic mass is 10.2. The van der Waals surface area contributed by atoms with E-state index in [1.54, 1.807) is 36.4 Å². The maximum atomic E-state index is 12.3. The minimum atomic E-state index is -0.706. The van der Waals surface area contributed by atoms with Crippen LogP contribution in [0.25, 0.3) is 0 Å². The molecule has 3 rings (SSSR count). The first-order valence-electron chi connectivity index (χ1n) is 8.51. The quantitative estimate of drug-likeness (QED) is 0.378. The first-order valence-corrected chi connectivity index (χ1v) is 10.0. The van der Waals surface area contributed by atoms with Crippen molar-refractivity contribution < 1.29 is 19.1 Å². The van der Waals surface area contributed by atoms with Crippen LogP contribution < -0.4 is 0 Å². The van der Waals surface area contributed by atoms with E-state index in [0.717, 1.165) is 0 Å². The minimum Gasteiger partial charge on any atom is -0.456 e. The van der Waals surface area contributed by atoms with Crippen molar-refractivity contribution in [1.29, 1.82) is 0 Å². The molecular formula is C21H13Cl4NO4. The van der Waals surface area contributed by atoms with E-state index in [1.807, 2.05) is 0 Å². The lowest BCUT2D eigenvalue weighted by Gasteiger charge is -2.08. The second kappa shape index (κ2) is 10.1. The van der Waals surface area contributed by atoms with E-state index in [2.05, 4.69) is 4.98 Å². The molecule has 0 spiro atoms. The molecule has 0 saturated heterocycles. The number of esters is 2. The normalized spacial score (nSPS) is 10.5. The molecule has 0 fully saturated rings. The summed E-state index contributed by atoms with van der Waals surface area (Å²) in [5, 5.41) is 1.71. The van der Waals surface area contributed by atoms with E-state index in [0.29, 0.717) is 31.2 Å². The number of carbonyl (C=O) groups excluding carboxylic acids is 2. The van der Waals surface area contributed by atoms with Crippen molar-refractivity contribution in [2.75, 3.05) is 0 Å². The third kappa shape index (κ3) is 6.34. The van der Waals surface area contributed by atoms with E-state index < -0.39 is 11.9 Å². The molecule has 0 bridgehead atoms. The fourth-order valence-corrected chi connectivity index (χ4v) is 3.64. The molecule has 30 heavy (non-hydrogen) atoms. The Morgan fingerprint density at radius 3 is 1.40 bits per heavy atom. The summed E-state index contributed by atoms with van der Waals surface area (Å²) in [5.74, 6) is -1.41. The van der Waals surface area contributed by atoms with Gasteiger partial charge in [-0.3, -0.25) is 0 Å². The molecule has 0 atom stereocenters. The molecule has 0 aliphatic heterocycles. The Bertz CT molecular complexity index is 981. The number of pyridine rings is 1. The number of hydrogen-bond acceptors (Lipinski definition) is 5. The highest BCUT2D eigenvalue weighted by molar-refractivity contribution is 6.35. The largest absolute Gasteiger partial charge is 0.456 e. The third-order valence-electron chi connectivity index (χ3n) is 3.75. The van der Waals surface area contributed by atoms with Crippen LogP contribution in [0.4, 0.5) is 0 Å². The summed E-state index contributed by atoms with van der Waals surface area (Å²) in [6.07, 6.45) is 0. The van der Waals surface area contributed by atoms with Crippen molar-refractivity contribution in [3.8, 4) is 0 Å². The van der Waals surface area contributed by atoms with Gasteiger partial charge in [0.1, 0.15) is 24.6 Å². The predicted octanol–water partition coefficient (Wildman–Crippen LogP) is 6.41. The van der Waals surface area contributed by atoms with E-state index in [-0.39, 0.29) is 24.6 Å². The second-order valence-corrected chi connectivity index (χ2v) is 7.86. The molecule has 154 valence electrons. The van der Waals surface area contributed by atoms with Gasteiger partial charge in [0.2, 0.25) is 0 Å². The average Bonchev–Trinajstić information content (AvgIpc) is 2.69. The van der Waals surface area contributed by atoms with Crippen LogP contribution in [-0.2, 0) is 22.7 Å². The summed E-state index contributed by atoms with van der Waals surface area (Å²) in [7, 11) is 0. The van der Waals surface area contributed by atoms with Crippen LogP contribution in [0.3, 0.4) is 0 Å². The van der Waals surface area contributed by atoms with Crippen LogP contribution in [0.5, 0.6) is 0 Å². The molecular weight excluding hydrogens is 472 g/mol. The van der Waals surface area contributed by atoms with Crippen molar-refractivity contribution in [1.82, 2.24) is 4.98 Å². The highest BCUT2D eigenvalue weighted by Gasteiger charge is 2.15. The Morgan fingerprint density at radius 1 is 0.667 bits per heavy atom. The molecule has 1 aromatic heterocycles. The van der Waals surface area contributed by atoms with Gasteiger partial charge < -0.3 is 9.47 Å². The lowest BCUT2D eigenvalue weighted by Crippen LogP contribution is -2.12. The zero-order chi connectivity index (χ0) is 21.7. The van der Waals surface area contributed by atoms with E-state index in [9.17, 15) is 9.59 Å². The van der Waals surface area contributed by atoms with Gasteiger partial charge in [-0.1, -0.05) is 52.5 Å². The van der Waals surface area contributed by atoms with Gasteiger partial charge in [0.05, 0.1) is 0 Å². The van der Waals surface area contributed by atoms with Crippen LogP contribution in [0.1, 0.15) is 32.1 Å². The van der Waals surface area contributed by atoms with Crippen LogP contribution >= 0.6 is 46.4 Å². The monoisotopic (exact) mass is 483 g/mol.